The summed E-state index contributed by atoms with van der Waals surface area (Å²) >= 11 is 0. The first kappa shape index (κ1) is 17.8. The van der Waals surface area contributed by atoms with E-state index in [-0.39, 0.29) is 11.6 Å². The smallest absolute Gasteiger partial charge is 0.155 e. The zero-order valence-corrected chi connectivity index (χ0v) is 11.9. The van der Waals surface area contributed by atoms with Crippen molar-refractivity contribution >= 4 is 11.6 Å². The average Bonchev–Trinajstić information content (AvgIpc) is 2.43. The minimum Gasteiger partial charge on any atom is -0.381 e. The number of hydrogen-bond acceptors (Lipinski definition) is 3. The lowest BCUT2D eigenvalue weighted by atomic mass is 10.1. The number of carbonyl (C=O) groups excluding carboxylic acids is 2. The van der Waals surface area contributed by atoms with Crippen molar-refractivity contribution in [2.45, 2.75) is 51.4 Å². The molecule has 0 bridgehead atoms. The Hall–Kier alpha value is -1.22. The van der Waals surface area contributed by atoms with E-state index in [1.807, 2.05) is 0 Å². The molecule has 0 aromatic heterocycles. The average molecular weight is 266 g/mol. The molecule has 0 saturated heterocycles. The highest BCUT2D eigenvalue weighted by Gasteiger charge is 1.97. The summed E-state index contributed by atoms with van der Waals surface area (Å²) in [6.45, 7) is 8.40. The summed E-state index contributed by atoms with van der Waals surface area (Å²) in [5.74, 6) is 0.241. The molecule has 0 aliphatic carbocycles. The van der Waals surface area contributed by atoms with Gasteiger partial charge in [-0.1, -0.05) is 26.0 Å². The van der Waals surface area contributed by atoms with Crippen LogP contribution in [0.2, 0.25) is 0 Å². The van der Waals surface area contributed by atoms with Crippen LogP contribution in [0.5, 0.6) is 0 Å². The second kappa shape index (κ2) is 13.2. The Morgan fingerprint density at radius 3 is 1.53 bits per heavy atom. The molecule has 0 atom stereocenters. The number of allylic oxidation sites excluding steroid dienone is 2. The molecular formula is C16H26O3. The summed E-state index contributed by atoms with van der Waals surface area (Å²) < 4.78 is 5.49. The highest BCUT2D eigenvalue weighted by molar-refractivity contribution is 5.89. The zero-order valence-electron chi connectivity index (χ0n) is 11.9. The molecule has 0 N–H and O–H groups in total. The normalized spacial score (nSPS) is 10.1. The van der Waals surface area contributed by atoms with Crippen LogP contribution < -0.4 is 0 Å². The van der Waals surface area contributed by atoms with E-state index >= 15 is 0 Å². The Balaban J connectivity index is 3.10. The van der Waals surface area contributed by atoms with Crippen molar-refractivity contribution in [3.63, 3.8) is 0 Å². The first-order valence-corrected chi connectivity index (χ1v) is 7.09. The van der Waals surface area contributed by atoms with Crippen LogP contribution in [0.1, 0.15) is 51.4 Å². The molecule has 3 nitrogen and oxygen atoms in total. The molecule has 0 saturated carbocycles. The second-order valence-electron chi connectivity index (χ2n) is 4.57. The van der Waals surface area contributed by atoms with E-state index < -0.39 is 0 Å². The molecule has 0 aromatic carbocycles. The first-order valence-electron chi connectivity index (χ1n) is 7.09. The van der Waals surface area contributed by atoms with Gasteiger partial charge in [0, 0.05) is 26.1 Å². The van der Waals surface area contributed by atoms with Crippen LogP contribution in [0, 0.1) is 0 Å². The van der Waals surface area contributed by atoms with Gasteiger partial charge in [-0.15, -0.1) is 0 Å². The van der Waals surface area contributed by atoms with Gasteiger partial charge in [-0.3, -0.25) is 9.59 Å². The molecule has 0 heterocycles. The van der Waals surface area contributed by atoms with Crippen LogP contribution >= 0.6 is 0 Å². The molecule has 0 unspecified atom stereocenters. The van der Waals surface area contributed by atoms with E-state index in [0.29, 0.717) is 12.8 Å². The van der Waals surface area contributed by atoms with Gasteiger partial charge in [-0.05, 0) is 37.8 Å². The number of ether oxygens (including phenoxy) is 1. The van der Waals surface area contributed by atoms with Crippen LogP contribution in [0.4, 0.5) is 0 Å². The van der Waals surface area contributed by atoms with Gasteiger partial charge in [0.25, 0.3) is 0 Å². The fourth-order valence-corrected chi connectivity index (χ4v) is 1.67. The molecular weight excluding hydrogens is 240 g/mol. The van der Waals surface area contributed by atoms with Gasteiger partial charge < -0.3 is 4.74 Å². The van der Waals surface area contributed by atoms with Crippen molar-refractivity contribution in [2.75, 3.05) is 13.2 Å². The fraction of sp³-hybridized carbons (Fsp3) is 0.625. The number of unbranched alkanes of at least 4 members (excludes halogenated alkanes) is 4. The van der Waals surface area contributed by atoms with Crippen molar-refractivity contribution < 1.29 is 14.3 Å². The monoisotopic (exact) mass is 266 g/mol. The molecule has 0 radical (unpaired) electrons. The summed E-state index contributed by atoms with van der Waals surface area (Å²) in [6, 6.07) is 0. The van der Waals surface area contributed by atoms with Crippen LogP contribution in [-0.2, 0) is 14.3 Å². The van der Waals surface area contributed by atoms with Gasteiger partial charge in [0.1, 0.15) is 0 Å². The Kier molecular flexibility index (Phi) is 12.4. The molecule has 3 heteroatoms. The number of rotatable bonds is 14. The maximum absolute atomic E-state index is 10.9. The summed E-state index contributed by atoms with van der Waals surface area (Å²) in [5, 5.41) is 0. The lowest BCUT2D eigenvalue weighted by Gasteiger charge is -2.03. The molecule has 0 fully saturated rings. The van der Waals surface area contributed by atoms with Crippen LogP contribution in [-0.4, -0.2) is 24.8 Å². The second-order valence-corrected chi connectivity index (χ2v) is 4.57. The predicted octanol–water partition coefficient (Wildman–Crippen LogP) is 3.63. The summed E-state index contributed by atoms with van der Waals surface area (Å²) in [5.41, 5.74) is 0. The van der Waals surface area contributed by atoms with Gasteiger partial charge in [0.05, 0.1) is 0 Å². The van der Waals surface area contributed by atoms with Gasteiger partial charge in [0.2, 0.25) is 0 Å². The Morgan fingerprint density at radius 2 is 1.16 bits per heavy atom. The summed E-state index contributed by atoms with van der Waals surface area (Å²) in [4.78, 5) is 21.9. The highest BCUT2D eigenvalue weighted by atomic mass is 16.5. The van der Waals surface area contributed by atoms with E-state index in [9.17, 15) is 9.59 Å². The Bertz CT molecular complexity index is 254. The van der Waals surface area contributed by atoms with Crippen LogP contribution in [0.3, 0.4) is 0 Å². The lowest BCUT2D eigenvalue weighted by Crippen LogP contribution is -1.99. The predicted molar refractivity (Wildman–Crippen MR) is 78.2 cm³/mol. The van der Waals surface area contributed by atoms with E-state index in [1.54, 1.807) is 0 Å². The minimum absolute atomic E-state index is 0.120. The molecule has 0 amide bonds. The number of ketones is 2. The SMILES string of the molecule is C=CC(=O)CCCCCOCCCCCC(=O)C=C. The van der Waals surface area contributed by atoms with Crippen molar-refractivity contribution in [1.29, 1.82) is 0 Å². The van der Waals surface area contributed by atoms with Gasteiger partial charge in [0.15, 0.2) is 11.6 Å². The van der Waals surface area contributed by atoms with Crippen molar-refractivity contribution in [1.82, 2.24) is 0 Å². The fourth-order valence-electron chi connectivity index (χ4n) is 1.67. The highest BCUT2D eigenvalue weighted by Crippen LogP contribution is 2.04. The van der Waals surface area contributed by atoms with Crippen molar-refractivity contribution in [2.24, 2.45) is 0 Å². The van der Waals surface area contributed by atoms with E-state index in [2.05, 4.69) is 13.2 Å². The van der Waals surface area contributed by atoms with Gasteiger partial charge in [-0.2, -0.15) is 0 Å². The molecule has 0 aliphatic rings. The Morgan fingerprint density at radius 1 is 0.737 bits per heavy atom. The maximum atomic E-state index is 10.9. The minimum atomic E-state index is 0.120. The number of hydrogen-bond donors (Lipinski definition) is 0. The zero-order chi connectivity index (χ0) is 14.3. The first-order chi connectivity index (χ1) is 9.20. The molecule has 0 spiro atoms. The summed E-state index contributed by atoms with van der Waals surface area (Å²) in [7, 11) is 0. The van der Waals surface area contributed by atoms with Crippen LogP contribution in [0.15, 0.2) is 25.3 Å². The standard InChI is InChI=1S/C16H26O3/c1-3-15(17)11-7-5-9-13-19-14-10-6-8-12-16(18)4-2/h3-4H,1-2,5-14H2. The number of carbonyl (C=O) groups is 2. The largest absolute Gasteiger partial charge is 0.381 e. The quantitative estimate of drug-likeness (QED) is 0.356. The van der Waals surface area contributed by atoms with Gasteiger partial charge >= 0.3 is 0 Å². The third-order valence-electron chi connectivity index (χ3n) is 2.88. The molecule has 0 aromatic rings. The van der Waals surface area contributed by atoms with E-state index in [0.717, 1.165) is 51.7 Å². The van der Waals surface area contributed by atoms with Crippen LogP contribution in [0.25, 0.3) is 0 Å². The van der Waals surface area contributed by atoms with E-state index in [4.69, 9.17) is 4.74 Å². The third-order valence-corrected chi connectivity index (χ3v) is 2.88. The van der Waals surface area contributed by atoms with Gasteiger partial charge in [-0.25, -0.2) is 0 Å². The van der Waals surface area contributed by atoms with Crippen molar-refractivity contribution in [3.05, 3.63) is 25.3 Å². The third kappa shape index (κ3) is 13.0. The van der Waals surface area contributed by atoms with Crippen molar-refractivity contribution in [3.8, 4) is 0 Å². The summed E-state index contributed by atoms with van der Waals surface area (Å²) in [6.07, 6.45) is 9.83. The topological polar surface area (TPSA) is 43.4 Å². The lowest BCUT2D eigenvalue weighted by molar-refractivity contribution is -0.115. The molecule has 0 rings (SSSR count). The molecule has 108 valence electrons. The molecule has 0 aliphatic heterocycles. The molecule has 19 heavy (non-hydrogen) atoms. The Labute approximate surface area is 116 Å². The maximum Gasteiger partial charge on any atom is 0.155 e. The van der Waals surface area contributed by atoms with E-state index in [1.165, 1.54) is 12.2 Å².